The minimum atomic E-state index is -4.92. The van der Waals surface area contributed by atoms with E-state index in [0.717, 1.165) is 13.0 Å². The van der Waals surface area contributed by atoms with E-state index in [0.29, 0.717) is 18.6 Å². The van der Waals surface area contributed by atoms with Gasteiger partial charge in [0.2, 0.25) is 11.8 Å². The van der Waals surface area contributed by atoms with Crippen molar-refractivity contribution >= 4 is 0 Å². The van der Waals surface area contributed by atoms with Crippen molar-refractivity contribution in [3.8, 4) is 11.5 Å². The Morgan fingerprint density at radius 3 is 2.08 bits per heavy atom. The third-order valence-electron chi connectivity index (χ3n) is 3.63. The molecule has 2 heterocycles. The van der Waals surface area contributed by atoms with Gasteiger partial charge in [0.25, 0.3) is 0 Å². The smallest absolute Gasteiger partial charge is 0.416 e. The quantitative estimate of drug-likeness (QED) is 0.824. The predicted molar refractivity (Wildman–Crippen MR) is 69.7 cm³/mol. The summed E-state index contributed by atoms with van der Waals surface area (Å²) in [5, 5.41) is 10.4. The fourth-order valence-corrected chi connectivity index (χ4v) is 2.47. The Bertz CT molecular complexity index is 699. The van der Waals surface area contributed by atoms with E-state index in [4.69, 9.17) is 4.42 Å². The molecule has 0 spiro atoms. The van der Waals surface area contributed by atoms with E-state index in [9.17, 15) is 26.3 Å². The average molecular weight is 351 g/mol. The minimum Gasteiger partial charge on any atom is -0.419 e. The van der Waals surface area contributed by atoms with Crippen LogP contribution in [0.3, 0.4) is 0 Å². The lowest BCUT2D eigenvalue weighted by atomic mass is 10.0. The van der Waals surface area contributed by atoms with Gasteiger partial charge in [-0.25, -0.2) is 0 Å². The standard InChI is InChI=1S/C14H11F6N3O/c15-13(16,17)8-4-7(5-9(6-8)14(18,19)20)11-22-23-12(24-11)10-2-1-3-21-10/h4-6,10,21H,1-3H2. The van der Waals surface area contributed by atoms with Crippen molar-refractivity contribution in [3.05, 3.63) is 35.2 Å². The second-order valence-electron chi connectivity index (χ2n) is 5.39. The summed E-state index contributed by atoms with van der Waals surface area (Å²) in [5.41, 5.74) is -3.27. The summed E-state index contributed by atoms with van der Waals surface area (Å²) in [6.07, 6.45) is -8.28. The number of halogens is 6. The number of hydrogen-bond acceptors (Lipinski definition) is 4. The van der Waals surface area contributed by atoms with E-state index in [-0.39, 0.29) is 23.9 Å². The second kappa shape index (κ2) is 5.76. The van der Waals surface area contributed by atoms with Gasteiger partial charge in [-0.05, 0) is 37.6 Å². The molecule has 0 saturated carbocycles. The van der Waals surface area contributed by atoms with Crippen molar-refractivity contribution in [2.75, 3.05) is 6.54 Å². The highest BCUT2D eigenvalue weighted by Gasteiger charge is 2.37. The summed E-state index contributed by atoms with van der Waals surface area (Å²) in [6.45, 7) is 0.726. The summed E-state index contributed by atoms with van der Waals surface area (Å²) in [7, 11) is 0. The number of nitrogens with one attached hydrogen (secondary N) is 1. The molecule has 0 aliphatic carbocycles. The van der Waals surface area contributed by atoms with Crippen LogP contribution in [0.4, 0.5) is 26.3 Å². The Labute approximate surface area is 131 Å². The molecule has 1 aromatic heterocycles. The number of hydrogen-bond donors (Lipinski definition) is 1. The molecule has 0 radical (unpaired) electrons. The lowest BCUT2D eigenvalue weighted by Crippen LogP contribution is -2.12. The van der Waals surface area contributed by atoms with Crippen molar-refractivity contribution in [2.45, 2.75) is 31.2 Å². The maximum absolute atomic E-state index is 12.9. The van der Waals surface area contributed by atoms with Gasteiger partial charge in [-0.2, -0.15) is 26.3 Å². The van der Waals surface area contributed by atoms with Crippen LogP contribution in [-0.2, 0) is 12.4 Å². The van der Waals surface area contributed by atoms with Gasteiger partial charge in [0.05, 0.1) is 17.2 Å². The first-order valence-corrected chi connectivity index (χ1v) is 7.01. The molecule has 1 N–H and O–H groups in total. The molecule has 3 rings (SSSR count). The molecule has 0 amide bonds. The van der Waals surface area contributed by atoms with Crippen LogP contribution in [-0.4, -0.2) is 16.7 Å². The fourth-order valence-electron chi connectivity index (χ4n) is 2.47. The highest BCUT2D eigenvalue weighted by Crippen LogP contribution is 2.38. The largest absolute Gasteiger partial charge is 0.419 e. The molecule has 1 fully saturated rings. The van der Waals surface area contributed by atoms with E-state index in [1.165, 1.54) is 0 Å². The van der Waals surface area contributed by atoms with Crippen molar-refractivity contribution in [2.24, 2.45) is 0 Å². The maximum Gasteiger partial charge on any atom is 0.416 e. The molecule has 1 aliphatic rings. The molecule has 1 aliphatic heterocycles. The van der Waals surface area contributed by atoms with Gasteiger partial charge in [-0.3, -0.25) is 0 Å². The van der Waals surface area contributed by atoms with Gasteiger partial charge in [0.15, 0.2) is 0 Å². The lowest BCUT2D eigenvalue weighted by Gasteiger charge is -2.12. The van der Waals surface area contributed by atoms with E-state index in [1.807, 2.05) is 0 Å². The average Bonchev–Trinajstić information content (AvgIpc) is 3.16. The third kappa shape index (κ3) is 3.37. The molecule has 4 nitrogen and oxygen atoms in total. The van der Waals surface area contributed by atoms with Crippen molar-refractivity contribution in [3.63, 3.8) is 0 Å². The molecule has 1 unspecified atom stereocenters. The molecule has 130 valence electrons. The molecule has 24 heavy (non-hydrogen) atoms. The van der Waals surface area contributed by atoms with Gasteiger partial charge in [-0.15, -0.1) is 10.2 Å². The van der Waals surface area contributed by atoms with Crippen LogP contribution < -0.4 is 5.32 Å². The number of alkyl halides is 6. The van der Waals surface area contributed by atoms with Gasteiger partial charge in [0.1, 0.15) is 0 Å². The Hall–Kier alpha value is -2.10. The van der Waals surface area contributed by atoms with Crippen molar-refractivity contribution in [1.82, 2.24) is 15.5 Å². The van der Waals surface area contributed by atoms with Crippen LogP contribution in [0.1, 0.15) is 35.9 Å². The van der Waals surface area contributed by atoms with E-state index in [2.05, 4.69) is 15.5 Å². The Morgan fingerprint density at radius 1 is 0.958 bits per heavy atom. The molecule has 1 atom stereocenters. The van der Waals surface area contributed by atoms with Crippen LogP contribution in [0.15, 0.2) is 22.6 Å². The molecular weight excluding hydrogens is 340 g/mol. The fraction of sp³-hybridized carbons (Fsp3) is 0.429. The van der Waals surface area contributed by atoms with Crippen molar-refractivity contribution in [1.29, 1.82) is 0 Å². The number of rotatable bonds is 2. The van der Waals surface area contributed by atoms with Gasteiger partial charge in [0, 0.05) is 5.56 Å². The van der Waals surface area contributed by atoms with Crippen LogP contribution in [0, 0.1) is 0 Å². The first kappa shape index (κ1) is 16.7. The Morgan fingerprint density at radius 2 is 1.58 bits per heavy atom. The number of benzene rings is 1. The number of aromatic nitrogens is 2. The number of nitrogens with zero attached hydrogens (tertiary/aromatic N) is 2. The maximum atomic E-state index is 12.9. The van der Waals surface area contributed by atoms with E-state index in [1.54, 1.807) is 0 Å². The highest BCUT2D eigenvalue weighted by atomic mass is 19.4. The SMILES string of the molecule is FC(F)(F)c1cc(-c2nnc(C3CCCN3)o2)cc(C(F)(F)F)c1. The molecule has 10 heteroatoms. The molecule has 0 bridgehead atoms. The minimum absolute atomic E-state index is 0.0549. The third-order valence-corrected chi connectivity index (χ3v) is 3.63. The molecule has 2 aromatic rings. The molecule has 1 aromatic carbocycles. The summed E-state index contributed by atoms with van der Waals surface area (Å²) >= 11 is 0. The van der Waals surface area contributed by atoms with E-state index < -0.39 is 29.0 Å². The Kier molecular flexibility index (Phi) is 4.02. The van der Waals surface area contributed by atoms with Crippen LogP contribution >= 0.6 is 0 Å². The van der Waals surface area contributed by atoms with E-state index >= 15 is 0 Å². The van der Waals surface area contributed by atoms with Gasteiger partial charge in [-0.1, -0.05) is 0 Å². The predicted octanol–water partition coefficient (Wildman–Crippen LogP) is 4.20. The van der Waals surface area contributed by atoms with Crippen LogP contribution in [0.5, 0.6) is 0 Å². The monoisotopic (exact) mass is 351 g/mol. The van der Waals surface area contributed by atoms with Crippen molar-refractivity contribution < 1.29 is 30.8 Å². The zero-order valence-corrected chi connectivity index (χ0v) is 12.0. The zero-order valence-electron chi connectivity index (χ0n) is 12.0. The highest BCUT2D eigenvalue weighted by molar-refractivity contribution is 5.56. The lowest BCUT2D eigenvalue weighted by molar-refractivity contribution is -0.143. The first-order chi connectivity index (χ1) is 11.1. The second-order valence-corrected chi connectivity index (χ2v) is 5.39. The zero-order chi connectivity index (χ0) is 17.5. The van der Waals surface area contributed by atoms with Crippen LogP contribution in [0.2, 0.25) is 0 Å². The van der Waals surface area contributed by atoms with Gasteiger partial charge < -0.3 is 9.73 Å². The summed E-state index contributed by atoms with van der Waals surface area (Å²) < 4.78 is 82.4. The van der Waals surface area contributed by atoms with Crippen LogP contribution in [0.25, 0.3) is 11.5 Å². The summed E-state index contributed by atoms with van der Waals surface area (Å²) in [4.78, 5) is 0. The summed E-state index contributed by atoms with van der Waals surface area (Å²) in [6, 6.07) is 0.946. The molecular formula is C14H11F6N3O. The summed E-state index contributed by atoms with van der Waals surface area (Å²) in [5.74, 6) is -0.233. The van der Waals surface area contributed by atoms with Gasteiger partial charge >= 0.3 is 12.4 Å². The normalized spacial score (nSPS) is 19.0. The Balaban J connectivity index is 2.03. The first-order valence-electron chi connectivity index (χ1n) is 7.01. The molecule has 1 saturated heterocycles. The topological polar surface area (TPSA) is 51.0 Å².